The quantitative estimate of drug-likeness (QED) is 0.917. The minimum atomic E-state index is -0.0862. The van der Waals surface area contributed by atoms with E-state index < -0.39 is 0 Å². The smallest absolute Gasteiger partial charge is 0.231 e. The number of hydrogen-bond donors (Lipinski definition) is 1. The zero-order valence-corrected chi connectivity index (χ0v) is 10.7. The van der Waals surface area contributed by atoms with Crippen molar-refractivity contribution in [3.63, 3.8) is 0 Å². The number of pyridine rings is 1. The van der Waals surface area contributed by atoms with Crippen LogP contribution in [0, 0.1) is 0 Å². The molecule has 4 heteroatoms. The molecule has 0 saturated heterocycles. The third-order valence-electron chi connectivity index (χ3n) is 3.55. The van der Waals surface area contributed by atoms with Gasteiger partial charge in [-0.25, -0.2) is 0 Å². The van der Waals surface area contributed by atoms with Gasteiger partial charge in [-0.3, -0.25) is 4.98 Å². The van der Waals surface area contributed by atoms with Crippen LogP contribution in [-0.2, 0) is 0 Å². The summed E-state index contributed by atoms with van der Waals surface area (Å²) < 4.78 is 10.7. The molecule has 4 nitrogen and oxygen atoms in total. The summed E-state index contributed by atoms with van der Waals surface area (Å²) in [6.07, 6.45) is 3.58. The predicted octanol–water partition coefficient (Wildman–Crippen LogP) is 2.61. The fraction of sp³-hybridized carbons (Fsp3) is 0.267. The summed E-state index contributed by atoms with van der Waals surface area (Å²) >= 11 is 0. The highest BCUT2D eigenvalue weighted by Crippen LogP contribution is 2.36. The van der Waals surface area contributed by atoms with E-state index in [0.29, 0.717) is 0 Å². The summed E-state index contributed by atoms with van der Waals surface area (Å²) in [7, 11) is 0. The Hall–Kier alpha value is -2.07. The topological polar surface area (TPSA) is 57.4 Å². The van der Waals surface area contributed by atoms with Crippen LogP contribution in [0.1, 0.15) is 30.0 Å². The van der Waals surface area contributed by atoms with Gasteiger partial charge in [0.15, 0.2) is 11.5 Å². The van der Waals surface area contributed by atoms with E-state index in [4.69, 9.17) is 15.2 Å². The van der Waals surface area contributed by atoms with Crippen molar-refractivity contribution in [3.8, 4) is 11.5 Å². The van der Waals surface area contributed by atoms with Gasteiger partial charge in [-0.05, 0) is 35.4 Å². The van der Waals surface area contributed by atoms with Crippen LogP contribution < -0.4 is 15.2 Å². The SMILES string of the molecule is CC(c1ccncc1)C(N)c1ccc2c(c1)OCO2. The van der Waals surface area contributed by atoms with Crippen molar-refractivity contribution >= 4 is 0 Å². The second kappa shape index (κ2) is 4.90. The molecular formula is C15H16N2O2. The number of benzene rings is 1. The molecule has 0 bridgehead atoms. The lowest BCUT2D eigenvalue weighted by atomic mass is 9.89. The van der Waals surface area contributed by atoms with Crippen LogP contribution in [0.2, 0.25) is 0 Å². The minimum Gasteiger partial charge on any atom is -0.454 e. The van der Waals surface area contributed by atoms with Gasteiger partial charge >= 0.3 is 0 Å². The zero-order chi connectivity index (χ0) is 13.2. The van der Waals surface area contributed by atoms with E-state index in [1.165, 1.54) is 5.56 Å². The van der Waals surface area contributed by atoms with E-state index in [1.54, 1.807) is 12.4 Å². The molecule has 2 N–H and O–H groups in total. The Morgan fingerprint density at radius 2 is 1.79 bits per heavy atom. The Balaban J connectivity index is 1.86. The maximum absolute atomic E-state index is 6.35. The monoisotopic (exact) mass is 256 g/mol. The van der Waals surface area contributed by atoms with E-state index in [1.807, 2.05) is 30.3 Å². The Morgan fingerprint density at radius 3 is 2.58 bits per heavy atom. The normalized spacial score (nSPS) is 16.1. The van der Waals surface area contributed by atoms with Gasteiger partial charge in [0.25, 0.3) is 0 Å². The number of nitrogens with two attached hydrogens (primary N) is 1. The molecule has 0 spiro atoms. The summed E-state index contributed by atoms with van der Waals surface area (Å²) in [4.78, 5) is 4.03. The van der Waals surface area contributed by atoms with Crippen LogP contribution in [0.5, 0.6) is 11.5 Å². The summed E-state index contributed by atoms with van der Waals surface area (Å²) in [6.45, 7) is 2.40. The van der Waals surface area contributed by atoms with Crippen molar-refractivity contribution < 1.29 is 9.47 Å². The Bertz CT molecular complexity index is 572. The number of nitrogens with zero attached hydrogens (tertiary/aromatic N) is 1. The molecule has 0 aliphatic carbocycles. The predicted molar refractivity (Wildman–Crippen MR) is 72.1 cm³/mol. The first-order valence-electron chi connectivity index (χ1n) is 6.31. The number of fused-ring (bicyclic) bond motifs is 1. The van der Waals surface area contributed by atoms with Crippen molar-refractivity contribution in [2.45, 2.75) is 18.9 Å². The number of rotatable bonds is 3. The van der Waals surface area contributed by atoms with Crippen molar-refractivity contribution in [2.24, 2.45) is 5.73 Å². The van der Waals surface area contributed by atoms with E-state index in [0.717, 1.165) is 17.1 Å². The first kappa shape index (κ1) is 12.0. The number of hydrogen-bond acceptors (Lipinski definition) is 4. The molecule has 1 aromatic heterocycles. The van der Waals surface area contributed by atoms with Crippen molar-refractivity contribution in [1.82, 2.24) is 4.98 Å². The largest absolute Gasteiger partial charge is 0.454 e. The average Bonchev–Trinajstić information content (AvgIpc) is 2.94. The van der Waals surface area contributed by atoms with Gasteiger partial charge in [0.1, 0.15) is 0 Å². The molecule has 2 aromatic rings. The van der Waals surface area contributed by atoms with E-state index in [-0.39, 0.29) is 18.8 Å². The third-order valence-corrected chi connectivity index (χ3v) is 3.55. The highest BCUT2D eigenvalue weighted by Gasteiger charge is 2.20. The summed E-state index contributed by atoms with van der Waals surface area (Å²) in [6, 6.07) is 9.78. The molecule has 1 aromatic carbocycles. The minimum absolute atomic E-state index is 0.0862. The number of ether oxygens (including phenoxy) is 2. The first-order valence-corrected chi connectivity index (χ1v) is 6.31. The zero-order valence-electron chi connectivity index (χ0n) is 10.7. The lowest BCUT2D eigenvalue weighted by molar-refractivity contribution is 0.174. The van der Waals surface area contributed by atoms with Crippen LogP contribution in [0.3, 0.4) is 0 Å². The molecule has 0 saturated carbocycles. The second-order valence-electron chi connectivity index (χ2n) is 4.71. The fourth-order valence-electron chi connectivity index (χ4n) is 2.28. The molecular weight excluding hydrogens is 240 g/mol. The van der Waals surface area contributed by atoms with E-state index in [2.05, 4.69) is 11.9 Å². The van der Waals surface area contributed by atoms with Crippen molar-refractivity contribution in [2.75, 3.05) is 6.79 Å². The molecule has 19 heavy (non-hydrogen) atoms. The molecule has 0 fully saturated rings. The molecule has 2 atom stereocenters. The van der Waals surface area contributed by atoms with E-state index >= 15 is 0 Å². The highest BCUT2D eigenvalue weighted by atomic mass is 16.7. The highest BCUT2D eigenvalue weighted by molar-refractivity contribution is 5.45. The van der Waals surface area contributed by atoms with Crippen LogP contribution in [-0.4, -0.2) is 11.8 Å². The second-order valence-corrected chi connectivity index (χ2v) is 4.71. The summed E-state index contributed by atoms with van der Waals surface area (Å²) in [5.74, 6) is 1.77. The molecule has 2 unspecified atom stereocenters. The molecule has 98 valence electrons. The van der Waals surface area contributed by atoms with Gasteiger partial charge in [0, 0.05) is 24.4 Å². The summed E-state index contributed by atoms with van der Waals surface area (Å²) in [5, 5.41) is 0. The van der Waals surface area contributed by atoms with Gasteiger partial charge in [0.2, 0.25) is 6.79 Å². The van der Waals surface area contributed by atoms with Gasteiger partial charge < -0.3 is 15.2 Å². The van der Waals surface area contributed by atoms with Gasteiger partial charge in [-0.1, -0.05) is 13.0 Å². The molecule has 0 radical (unpaired) electrons. The molecule has 3 rings (SSSR count). The van der Waals surface area contributed by atoms with Crippen LogP contribution in [0.4, 0.5) is 0 Å². The van der Waals surface area contributed by atoms with Gasteiger partial charge in [-0.2, -0.15) is 0 Å². The molecule has 1 aliphatic heterocycles. The van der Waals surface area contributed by atoms with Crippen LogP contribution in [0.25, 0.3) is 0 Å². The van der Waals surface area contributed by atoms with Gasteiger partial charge in [-0.15, -0.1) is 0 Å². The van der Waals surface area contributed by atoms with Gasteiger partial charge in [0.05, 0.1) is 0 Å². The fourth-order valence-corrected chi connectivity index (χ4v) is 2.28. The molecule has 2 heterocycles. The Morgan fingerprint density at radius 1 is 1.05 bits per heavy atom. The third kappa shape index (κ3) is 2.27. The molecule has 1 aliphatic rings. The first-order chi connectivity index (χ1) is 9.25. The maximum atomic E-state index is 6.35. The Kier molecular flexibility index (Phi) is 3.09. The van der Waals surface area contributed by atoms with Crippen molar-refractivity contribution in [3.05, 3.63) is 53.9 Å². The van der Waals surface area contributed by atoms with Crippen LogP contribution >= 0.6 is 0 Å². The average molecular weight is 256 g/mol. The Labute approximate surface area is 112 Å². The van der Waals surface area contributed by atoms with Crippen molar-refractivity contribution in [1.29, 1.82) is 0 Å². The maximum Gasteiger partial charge on any atom is 0.231 e. The lowest BCUT2D eigenvalue weighted by Gasteiger charge is -2.20. The lowest BCUT2D eigenvalue weighted by Crippen LogP contribution is -2.17. The van der Waals surface area contributed by atoms with Crippen LogP contribution in [0.15, 0.2) is 42.7 Å². The standard InChI is InChI=1S/C15H16N2O2/c1-10(11-4-6-17-7-5-11)15(16)12-2-3-13-14(8-12)19-9-18-13/h2-8,10,15H,9,16H2,1H3. The summed E-state index contributed by atoms with van der Waals surface area (Å²) in [5.41, 5.74) is 8.58. The molecule has 0 amide bonds. The van der Waals surface area contributed by atoms with E-state index in [9.17, 15) is 0 Å². The number of aromatic nitrogens is 1.